The van der Waals surface area contributed by atoms with Crippen molar-refractivity contribution in [3.63, 3.8) is 0 Å². The number of hydrogen-bond donors (Lipinski definition) is 1. The van der Waals surface area contributed by atoms with Crippen molar-refractivity contribution in [2.45, 2.75) is 6.54 Å². The number of rotatable bonds is 6. The molecule has 5 rings (SSSR count). The van der Waals surface area contributed by atoms with E-state index in [2.05, 4.69) is 39.0 Å². The van der Waals surface area contributed by atoms with Crippen molar-refractivity contribution in [1.29, 1.82) is 0 Å². The molecular formula is C27H32Cl2N4O5. The number of hydrogen-bond acceptors (Lipinski definition) is 7. The summed E-state index contributed by atoms with van der Waals surface area (Å²) in [4.78, 5) is 29.5. The summed E-state index contributed by atoms with van der Waals surface area (Å²) in [6.45, 7) is 6.08. The average molecular weight is 563 g/mol. The number of benzene rings is 2. The first-order valence-corrected chi connectivity index (χ1v) is 12.0. The van der Waals surface area contributed by atoms with Crippen LogP contribution in [0.25, 0.3) is 17.0 Å². The fourth-order valence-electron chi connectivity index (χ4n) is 4.58. The molecule has 9 nitrogen and oxygen atoms in total. The normalized spacial score (nSPS) is 16.4. The quantitative estimate of drug-likeness (QED) is 0.453. The number of aromatic nitrogens is 1. The molecule has 1 fully saturated rings. The molecule has 2 aliphatic rings. The molecule has 0 atom stereocenters. The summed E-state index contributed by atoms with van der Waals surface area (Å²) < 4.78 is 18.7. The predicted molar refractivity (Wildman–Crippen MR) is 151 cm³/mol. The van der Waals surface area contributed by atoms with Gasteiger partial charge in [0.25, 0.3) is 0 Å². The van der Waals surface area contributed by atoms with E-state index in [1.807, 2.05) is 12.1 Å². The van der Waals surface area contributed by atoms with E-state index in [9.17, 15) is 9.59 Å². The van der Waals surface area contributed by atoms with Crippen LogP contribution in [0.15, 0.2) is 48.4 Å². The van der Waals surface area contributed by atoms with E-state index in [4.69, 9.17) is 14.2 Å². The van der Waals surface area contributed by atoms with Gasteiger partial charge in [0.05, 0.1) is 12.7 Å². The van der Waals surface area contributed by atoms with Crippen LogP contribution in [-0.2, 0) is 6.54 Å². The maximum Gasteiger partial charge on any atom is 0.412 e. The number of piperazine rings is 1. The minimum atomic E-state index is -0.601. The van der Waals surface area contributed by atoms with E-state index >= 15 is 0 Å². The Balaban J connectivity index is 0.00000200. The monoisotopic (exact) mass is 562 g/mol. The zero-order valence-corrected chi connectivity index (χ0v) is 23.2. The lowest BCUT2D eigenvalue weighted by molar-refractivity contribution is 0.101. The number of ketones is 1. The Bertz CT molecular complexity index is 1350. The Kier molecular flexibility index (Phi) is 9.67. The zero-order chi connectivity index (χ0) is 25.2. The second-order valence-corrected chi connectivity index (χ2v) is 9.04. The summed E-state index contributed by atoms with van der Waals surface area (Å²) in [7, 11) is 5.27. The molecule has 1 saturated heterocycles. The molecule has 0 spiro atoms. The molecule has 38 heavy (non-hydrogen) atoms. The van der Waals surface area contributed by atoms with Crippen LogP contribution in [0.5, 0.6) is 17.2 Å². The fourth-order valence-corrected chi connectivity index (χ4v) is 4.58. The van der Waals surface area contributed by atoms with Gasteiger partial charge in [0.15, 0.2) is 5.76 Å². The topological polar surface area (TPSA) is 85.3 Å². The highest BCUT2D eigenvalue weighted by Gasteiger charge is 2.28. The lowest BCUT2D eigenvalue weighted by Crippen LogP contribution is -2.45. The Morgan fingerprint density at radius 3 is 2.50 bits per heavy atom. The predicted octanol–water partition coefficient (Wildman–Crippen LogP) is 4.08. The third kappa shape index (κ3) is 6.07. The number of Topliss-reactive ketones (excluding diaryl/α,β-unsaturated/α-hetero) is 1. The summed E-state index contributed by atoms with van der Waals surface area (Å²) in [6.07, 6.45) is 3.23. The molecule has 3 heterocycles. The van der Waals surface area contributed by atoms with Gasteiger partial charge in [-0.05, 0) is 49.5 Å². The maximum atomic E-state index is 13.1. The zero-order valence-electron chi connectivity index (χ0n) is 21.6. The molecule has 0 aliphatic carbocycles. The van der Waals surface area contributed by atoms with Gasteiger partial charge in [0, 0.05) is 69.0 Å². The standard InChI is InChI=1S/C27H30N4O5.2ClH/c1-28-27(33)35-20-5-7-24-22(16-20)26(32)25(36-24)14-18-17-31(13-12-30-10-8-29(2)9-11-30)23-6-4-19(34-3)15-21(18)23;;/h4-7,14-17H,8-13H2,1-3H3,(H,28,33);2*1H. The van der Waals surface area contributed by atoms with Crippen molar-refractivity contribution in [2.75, 3.05) is 53.9 Å². The molecule has 0 saturated carbocycles. The number of ether oxygens (including phenoxy) is 3. The SMILES string of the molecule is CNC(=O)Oc1ccc2c(c1)C(=O)C(=Cc1cn(CCN3CCN(C)CC3)c3ccc(OC)cc13)O2.Cl.Cl. The van der Waals surface area contributed by atoms with Gasteiger partial charge in [0.2, 0.25) is 5.78 Å². The second-order valence-electron chi connectivity index (χ2n) is 9.04. The number of methoxy groups -OCH3 is 1. The number of likely N-dealkylation sites (N-methyl/N-ethyl adjacent to an activating group) is 1. The molecule has 0 bridgehead atoms. The molecule has 2 aliphatic heterocycles. The lowest BCUT2D eigenvalue weighted by Gasteiger charge is -2.32. The average Bonchev–Trinajstić information content (AvgIpc) is 3.40. The summed E-state index contributed by atoms with van der Waals surface area (Å²) in [5.74, 6) is 1.43. The van der Waals surface area contributed by atoms with E-state index in [1.165, 1.54) is 13.1 Å². The highest BCUT2D eigenvalue weighted by molar-refractivity contribution is 6.15. The van der Waals surface area contributed by atoms with Crippen molar-refractivity contribution in [1.82, 2.24) is 19.7 Å². The minimum absolute atomic E-state index is 0. The Hall–Kier alpha value is -3.24. The van der Waals surface area contributed by atoms with Crippen molar-refractivity contribution in [3.8, 4) is 17.2 Å². The van der Waals surface area contributed by atoms with Crippen LogP contribution >= 0.6 is 24.8 Å². The smallest absolute Gasteiger partial charge is 0.412 e. The van der Waals surface area contributed by atoms with Gasteiger partial charge >= 0.3 is 6.09 Å². The highest BCUT2D eigenvalue weighted by Crippen LogP contribution is 2.36. The second kappa shape index (κ2) is 12.5. The van der Waals surface area contributed by atoms with Crippen LogP contribution in [0.3, 0.4) is 0 Å². The maximum absolute atomic E-state index is 13.1. The molecule has 2 aromatic carbocycles. The van der Waals surface area contributed by atoms with E-state index < -0.39 is 6.09 Å². The van der Waals surface area contributed by atoms with Crippen molar-refractivity contribution < 1.29 is 23.8 Å². The molecule has 1 amide bonds. The molecule has 0 radical (unpaired) electrons. The van der Waals surface area contributed by atoms with Crippen LogP contribution < -0.4 is 19.5 Å². The first kappa shape index (κ1) is 29.3. The van der Waals surface area contributed by atoms with Gasteiger partial charge in [0.1, 0.15) is 17.2 Å². The van der Waals surface area contributed by atoms with Gasteiger partial charge in [-0.25, -0.2) is 4.79 Å². The highest BCUT2D eigenvalue weighted by atomic mass is 35.5. The van der Waals surface area contributed by atoms with Crippen LogP contribution in [0.4, 0.5) is 4.79 Å². The number of halogens is 2. The van der Waals surface area contributed by atoms with Crippen molar-refractivity contribution in [3.05, 3.63) is 59.5 Å². The molecule has 1 N–H and O–H groups in total. The number of nitrogens with zero attached hydrogens (tertiary/aromatic N) is 3. The van der Waals surface area contributed by atoms with Crippen LogP contribution in [-0.4, -0.2) is 80.2 Å². The molecule has 3 aromatic rings. The Morgan fingerprint density at radius 2 is 1.79 bits per heavy atom. The lowest BCUT2D eigenvalue weighted by atomic mass is 10.1. The summed E-state index contributed by atoms with van der Waals surface area (Å²) >= 11 is 0. The number of fused-ring (bicyclic) bond motifs is 2. The molecule has 1 aromatic heterocycles. The number of amides is 1. The number of carbonyl (C=O) groups excluding carboxylic acids is 2. The van der Waals surface area contributed by atoms with Gasteiger partial charge in [-0.2, -0.15) is 0 Å². The van der Waals surface area contributed by atoms with Crippen LogP contribution in [0.1, 0.15) is 15.9 Å². The van der Waals surface area contributed by atoms with Gasteiger partial charge < -0.3 is 29.0 Å². The summed E-state index contributed by atoms with van der Waals surface area (Å²) in [6, 6.07) is 10.7. The molecule has 11 heteroatoms. The summed E-state index contributed by atoms with van der Waals surface area (Å²) in [5.41, 5.74) is 2.31. The van der Waals surface area contributed by atoms with Crippen molar-refractivity contribution >= 4 is 53.7 Å². The minimum Gasteiger partial charge on any atom is -0.497 e. The van der Waals surface area contributed by atoms with E-state index in [0.29, 0.717) is 11.3 Å². The first-order chi connectivity index (χ1) is 17.4. The number of nitrogens with one attached hydrogen (secondary N) is 1. The van der Waals surface area contributed by atoms with E-state index in [1.54, 1.807) is 25.3 Å². The largest absolute Gasteiger partial charge is 0.497 e. The number of allylic oxidation sites excluding steroid dienone is 1. The third-order valence-electron chi connectivity index (χ3n) is 6.71. The molecule has 204 valence electrons. The van der Waals surface area contributed by atoms with Crippen LogP contribution in [0.2, 0.25) is 0 Å². The number of carbonyl (C=O) groups is 2. The van der Waals surface area contributed by atoms with Gasteiger partial charge in [-0.15, -0.1) is 24.8 Å². The molecule has 0 unspecified atom stereocenters. The van der Waals surface area contributed by atoms with Gasteiger partial charge in [-0.3, -0.25) is 9.69 Å². The fraction of sp³-hybridized carbons (Fsp3) is 0.333. The Labute approximate surface area is 234 Å². The van der Waals surface area contributed by atoms with Crippen LogP contribution in [0, 0.1) is 0 Å². The third-order valence-corrected chi connectivity index (χ3v) is 6.71. The molecular weight excluding hydrogens is 531 g/mol. The van der Waals surface area contributed by atoms with E-state index in [-0.39, 0.29) is 42.1 Å². The summed E-state index contributed by atoms with van der Waals surface area (Å²) in [5, 5.41) is 3.37. The van der Waals surface area contributed by atoms with E-state index in [0.717, 1.165) is 61.5 Å². The Morgan fingerprint density at radius 1 is 1.05 bits per heavy atom. The van der Waals surface area contributed by atoms with Gasteiger partial charge in [-0.1, -0.05) is 0 Å². The van der Waals surface area contributed by atoms with Crippen molar-refractivity contribution in [2.24, 2.45) is 0 Å². The first-order valence-electron chi connectivity index (χ1n) is 12.0.